The Bertz CT molecular complexity index is 989. The third-order valence-electron chi connectivity index (χ3n) is 6.37. The first-order chi connectivity index (χ1) is 15.4. The number of rotatable bonds is 3. The minimum Gasteiger partial charge on any atom is -0.395 e. The molecule has 0 unspecified atom stereocenters. The SMILES string of the molecule is CC(C)(O)C#Cc1ccc([C@H]2[C@H]3CN(C(=O)c4cccnc4)CCCCN3[C@H]2CO)cc1. The highest BCUT2D eigenvalue weighted by Gasteiger charge is 2.49. The van der Waals surface area contributed by atoms with Gasteiger partial charge in [0.25, 0.3) is 5.91 Å². The molecule has 4 rings (SSSR count). The molecule has 2 aliphatic heterocycles. The van der Waals surface area contributed by atoms with Crippen molar-refractivity contribution in [2.24, 2.45) is 0 Å². The van der Waals surface area contributed by atoms with Crippen LogP contribution in [0.3, 0.4) is 0 Å². The molecule has 0 bridgehead atoms. The van der Waals surface area contributed by atoms with E-state index in [1.165, 1.54) is 0 Å². The maximum atomic E-state index is 13.1. The van der Waals surface area contributed by atoms with Crippen molar-refractivity contribution < 1.29 is 15.0 Å². The van der Waals surface area contributed by atoms with Gasteiger partial charge in [0.1, 0.15) is 5.60 Å². The minimum absolute atomic E-state index is 0.0170. The fourth-order valence-electron chi connectivity index (χ4n) is 4.81. The van der Waals surface area contributed by atoms with Crippen LogP contribution in [0.1, 0.15) is 54.1 Å². The average molecular weight is 434 g/mol. The molecule has 1 amide bonds. The number of hydrogen-bond donors (Lipinski definition) is 2. The third kappa shape index (κ3) is 4.86. The molecule has 2 saturated heterocycles. The van der Waals surface area contributed by atoms with Crippen LogP contribution in [0.5, 0.6) is 0 Å². The molecular formula is C26H31N3O3. The fourth-order valence-corrected chi connectivity index (χ4v) is 4.81. The van der Waals surface area contributed by atoms with Gasteiger partial charge in [0, 0.05) is 49.0 Å². The molecule has 2 aromatic rings. The van der Waals surface area contributed by atoms with Crippen LogP contribution < -0.4 is 0 Å². The number of carbonyl (C=O) groups is 1. The summed E-state index contributed by atoms with van der Waals surface area (Å²) in [6.45, 7) is 5.73. The number of nitrogens with zero attached hydrogens (tertiary/aromatic N) is 3. The summed E-state index contributed by atoms with van der Waals surface area (Å²) < 4.78 is 0. The Kier molecular flexibility index (Phi) is 6.61. The molecule has 168 valence electrons. The van der Waals surface area contributed by atoms with Crippen LogP contribution >= 0.6 is 0 Å². The summed E-state index contributed by atoms with van der Waals surface area (Å²) in [6, 6.07) is 11.9. The average Bonchev–Trinajstić information content (AvgIpc) is 2.77. The molecule has 0 radical (unpaired) electrons. The molecule has 3 heterocycles. The van der Waals surface area contributed by atoms with Crippen LogP contribution in [0.15, 0.2) is 48.8 Å². The van der Waals surface area contributed by atoms with E-state index in [2.05, 4.69) is 33.9 Å². The quantitative estimate of drug-likeness (QED) is 0.727. The van der Waals surface area contributed by atoms with Crippen LogP contribution in [0.2, 0.25) is 0 Å². The maximum Gasteiger partial charge on any atom is 0.255 e. The van der Waals surface area contributed by atoms with Crippen LogP contribution in [-0.2, 0) is 0 Å². The lowest BCUT2D eigenvalue weighted by Crippen LogP contribution is -2.67. The molecule has 32 heavy (non-hydrogen) atoms. The lowest BCUT2D eigenvalue weighted by atomic mass is 9.74. The van der Waals surface area contributed by atoms with E-state index in [-0.39, 0.29) is 30.5 Å². The van der Waals surface area contributed by atoms with E-state index in [9.17, 15) is 15.0 Å². The predicted octanol–water partition coefficient (Wildman–Crippen LogP) is 2.27. The van der Waals surface area contributed by atoms with Crippen LogP contribution in [0, 0.1) is 11.8 Å². The van der Waals surface area contributed by atoms with Gasteiger partial charge in [0.15, 0.2) is 0 Å². The van der Waals surface area contributed by atoms with E-state index >= 15 is 0 Å². The minimum atomic E-state index is -1.03. The van der Waals surface area contributed by atoms with Gasteiger partial charge in [-0.05, 0) is 63.1 Å². The first-order valence-electron chi connectivity index (χ1n) is 11.3. The Morgan fingerprint density at radius 2 is 1.94 bits per heavy atom. The van der Waals surface area contributed by atoms with E-state index in [0.29, 0.717) is 12.1 Å². The second-order valence-corrected chi connectivity index (χ2v) is 9.21. The summed E-state index contributed by atoms with van der Waals surface area (Å²) >= 11 is 0. The maximum absolute atomic E-state index is 13.1. The second-order valence-electron chi connectivity index (χ2n) is 9.21. The van der Waals surface area contributed by atoms with Gasteiger partial charge in [0.05, 0.1) is 12.2 Å². The Morgan fingerprint density at radius 1 is 1.19 bits per heavy atom. The Morgan fingerprint density at radius 3 is 2.59 bits per heavy atom. The number of aromatic nitrogens is 1. The Balaban J connectivity index is 1.55. The third-order valence-corrected chi connectivity index (χ3v) is 6.37. The van der Waals surface area contributed by atoms with Crippen LogP contribution in [0.4, 0.5) is 0 Å². The largest absolute Gasteiger partial charge is 0.395 e. The molecular weight excluding hydrogens is 402 g/mol. The highest BCUT2D eigenvalue weighted by Crippen LogP contribution is 2.42. The zero-order valence-electron chi connectivity index (χ0n) is 18.7. The van der Waals surface area contributed by atoms with E-state index in [1.807, 2.05) is 23.1 Å². The predicted molar refractivity (Wildman–Crippen MR) is 123 cm³/mol. The van der Waals surface area contributed by atoms with Crippen LogP contribution in [-0.4, -0.2) is 74.8 Å². The van der Waals surface area contributed by atoms with E-state index in [1.54, 1.807) is 32.3 Å². The molecule has 0 saturated carbocycles. The van der Waals surface area contributed by atoms with Gasteiger partial charge in [-0.15, -0.1) is 0 Å². The number of fused-ring (bicyclic) bond motifs is 1. The van der Waals surface area contributed by atoms with Crippen molar-refractivity contribution in [3.05, 3.63) is 65.5 Å². The van der Waals surface area contributed by atoms with Gasteiger partial charge in [-0.25, -0.2) is 0 Å². The Labute approximate surface area is 189 Å². The van der Waals surface area contributed by atoms with Crippen molar-refractivity contribution in [3.63, 3.8) is 0 Å². The highest BCUT2D eigenvalue weighted by atomic mass is 16.3. The molecule has 6 heteroatoms. The van der Waals surface area contributed by atoms with Crippen molar-refractivity contribution >= 4 is 5.91 Å². The van der Waals surface area contributed by atoms with Crippen molar-refractivity contribution in [2.45, 2.75) is 50.3 Å². The molecule has 2 N–H and O–H groups in total. The topological polar surface area (TPSA) is 76.9 Å². The van der Waals surface area contributed by atoms with E-state index < -0.39 is 5.60 Å². The summed E-state index contributed by atoms with van der Waals surface area (Å²) in [5.41, 5.74) is 1.58. The molecule has 3 atom stereocenters. The van der Waals surface area contributed by atoms with Gasteiger partial charge >= 0.3 is 0 Å². The normalized spacial score (nSPS) is 23.8. The van der Waals surface area contributed by atoms with Gasteiger partial charge in [-0.2, -0.15) is 0 Å². The fraction of sp³-hybridized carbons (Fsp3) is 0.462. The van der Waals surface area contributed by atoms with Crippen molar-refractivity contribution in [3.8, 4) is 11.8 Å². The van der Waals surface area contributed by atoms with Gasteiger partial charge in [-0.3, -0.25) is 14.7 Å². The molecule has 6 nitrogen and oxygen atoms in total. The van der Waals surface area contributed by atoms with Crippen LogP contribution in [0.25, 0.3) is 0 Å². The first kappa shape index (κ1) is 22.5. The summed E-state index contributed by atoms with van der Waals surface area (Å²) in [4.78, 5) is 21.5. The number of amides is 1. The zero-order chi connectivity index (χ0) is 22.7. The number of hydrogen-bond acceptors (Lipinski definition) is 5. The number of aliphatic hydroxyl groups excluding tert-OH is 1. The molecule has 0 aliphatic carbocycles. The number of benzene rings is 1. The zero-order valence-corrected chi connectivity index (χ0v) is 18.7. The molecule has 2 aliphatic rings. The van der Waals surface area contributed by atoms with Gasteiger partial charge in [-0.1, -0.05) is 24.0 Å². The van der Waals surface area contributed by atoms with Crippen molar-refractivity contribution in [1.29, 1.82) is 0 Å². The highest BCUT2D eigenvalue weighted by molar-refractivity contribution is 5.93. The standard InChI is InChI=1S/C26H31N3O3/c1-26(2,32)12-11-19-7-9-20(10-8-19)24-22-17-28(25(31)21-6-5-13-27-16-21)14-3-4-15-29(22)23(24)18-30/h5-10,13,16,22-24,30,32H,3-4,14-15,17-18H2,1-2H3/t22-,23+,24+/m1/s1. The number of aliphatic hydroxyl groups is 2. The summed E-state index contributed by atoms with van der Waals surface area (Å²) in [5.74, 6) is 6.01. The van der Waals surface area contributed by atoms with Gasteiger partial charge < -0.3 is 15.1 Å². The summed E-state index contributed by atoms with van der Waals surface area (Å²) in [6.07, 6.45) is 5.26. The van der Waals surface area contributed by atoms with E-state index in [4.69, 9.17) is 0 Å². The summed E-state index contributed by atoms with van der Waals surface area (Å²) in [5, 5.41) is 19.9. The molecule has 0 spiro atoms. The molecule has 2 fully saturated rings. The van der Waals surface area contributed by atoms with Crippen molar-refractivity contribution in [2.75, 3.05) is 26.2 Å². The van der Waals surface area contributed by atoms with Gasteiger partial charge in [0.2, 0.25) is 0 Å². The lowest BCUT2D eigenvalue weighted by Gasteiger charge is -2.57. The smallest absolute Gasteiger partial charge is 0.255 e. The Hall–Kier alpha value is -2.72. The molecule has 1 aromatic heterocycles. The van der Waals surface area contributed by atoms with Crippen molar-refractivity contribution in [1.82, 2.24) is 14.8 Å². The lowest BCUT2D eigenvalue weighted by molar-refractivity contribution is -0.0606. The monoisotopic (exact) mass is 433 g/mol. The molecule has 1 aromatic carbocycles. The number of carbonyl (C=O) groups excluding carboxylic acids is 1. The first-order valence-corrected chi connectivity index (χ1v) is 11.3. The number of pyridine rings is 1. The van der Waals surface area contributed by atoms with E-state index in [0.717, 1.165) is 37.1 Å². The summed E-state index contributed by atoms with van der Waals surface area (Å²) in [7, 11) is 0. The second kappa shape index (κ2) is 9.41.